The third-order valence-corrected chi connectivity index (χ3v) is 3.83. The van der Waals surface area contributed by atoms with Crippen LogP contribution in [0.3, 0.4) is 0 Å². The molecule has 0 atom stereocenters. The molecule has 138 valence electrons. The summed E-state index contributed by atoms with van der Waals surface area (Å²) in [5.41, 5.74) is 0.642. The molecule has 0 amide bonds. The van der Waals surface area contributed by atoms with E-state index in [2.05, 4.69) is 4.98 Å². The van der Waals surface area contributed by atoms with Gasteiger partial charge in [0.25, 0.3) is 5.69 Å². The second kappa shape index (κ2) is 7.77. The van der Waals surface area contributed by atoms with Crippen molar-refractivity contribution in [1.29, 1.82) is 0 Å². The van der Waals surface area contributed by atoms with Gasteiger partial charge in [0.05, 0.1) is 23.1 Å². The first-order valence-electron chi connectivity index (χ1n) is 8.09. The number of nitro benzene ring substituents is 1. The number of nitro groups is 1. The fourth-order valence-electron chi connectivity index (χ4n) is 2.50. The van der Waals surface area contributed by atoms with E-state index >= 15 is 0 Å². The van der Waals surface area contributed by atoms with Crippen molar-refractivity contribution in [2.24, 2.45) is 0 Å². The molecule has 27 heavy (non-hydrogen) atoms. The molecule has 0 N–H and O–H groups in total. The molecule has 3 aromatic rings. The van der Waals surface area contributed by atoms with Gasteiger partial charge in [0.1, 0.15) is 11.6 Å². The van der Waals surface area contributed by atoms with Crippen molar-refractivity contribution in [2.45, 2.75) is 19.8 Å². The molecule has 7 nitrogen and oxygen atoms in total. The molecule has 0 aliphatic rings. The van der Waals surface area contributed by atoms with Crippen molar-refractivity contribution >= 4 is 11.7 Å². The van der Waals surface area contributed by atoms with Gasteiger partial charge in [0, 0.05) is 18.1 Å². The number of ether oxygens (including phenoxy) is 1. The predicted octanol–water partition coefficient (Wildman–Crippen LogP) is 4.24. The Balaban J connectivity index is 1.59. The Morgan fingerprint density at radius 2 is 2.07 bits per heavy atom. The highest BCUT2D eigenvalue weighted by Crippen LogP contribution is 2.25. The molecule has 0 bridgehead atoms. The maximum absolute atomic E-state index is 13.7. The largest absolute Gasteiger partial charge is 0.441 e. The molecular weight excluding hydrogens is 355 g/mol. The minimum atomic E-state index is -0.533. The third-order valence-electron chi connectivity index (χ3n) is 3.83. The Labute approximate surface area is 153 Å². The number of aryl methyl sites for hydroxylation is 2. The molecule has 8 heteroatoms. The number of benzene rings is 2. The second-order valence-corrected chi connectivity index (χ2v) is 5.78. The average Bonchev–Trinajstić information content (AvgIpc) is 3.09. The smallest absolute Gasteiger partial charge is 0.311 e. The van der Waals surface area contributed by atoms with Crippen molar-refractivity contribution in [3.8, 4) is 17.1 Å². The lowest BCUT2D eigenvalue weighted by Crippen LogP contribution is -2.09. The normalized spacial score (nSPS) is 10.6. The lowest BCUT2D eigenvalue weighted by atomic mass is 10.2. The lowest BCUT2D eigenvalue weighted by Gasteiger charge is -2.05. The van der Waals surface area contributed by atoms with Crippen molar-refractivity contribution in [3.63, 3.8) is 0 Å². The molecular formula is C19H15FN2O5. The SMILES string of the molecule is Cc1cc(OC(=O)CCc2ncc(-c3ccccc3F)o2)ccc1[N+](=O)[O-]. The van der Waals surface area contributed by atoms with E-state index in [0.29, 0.717) is 11.1 Å². The van der Waals surface area contributed by atoms with Crippen LogP contribution in [-0.2, 0) is 11.2 Å². The summed E-state index contributed by atoms with van der Waals surface area (Å²) in [6.07, 6.45) is 1.57. The fourth-order valence-corrected chi connectivity index (χ4v) is 2.50. The van der Waals surface area contributed by atoms with E-state index in [1.54, 1.807) is 25.1 Å². The van der Waals surface area contributed by atoms with E-state index in [9.17, 15) is 19.3 Å². The maximum Gasteiger partial charge on any atom is 0.311 e. The van der Waals surface area contributed by atoms with Crippen LogP contribution in [0.5, 0.6) is 5.75 Å². The van der Waals surface area contributed by atoms with Crippen LogP contribution >= 0.6 is 0 Å². The summed E-state index contributed by atoms with van der Waals surface area (Å²) < 4.78 is 24.4. The molecule has 0 saturated carbocycles. The van der Waals surface area contributed by atoms with Crippen LogP contribution in [-0.4, -0.2) is 15.9 Å². The zero-order chi connectivity index (χ0) is 19.4. The molecule has 0 unspecified atom stereocenters. The van der Waals surface area contributed by atoms with Crippen LogP contribution in [0.4, 0.5) is 10.1 Å². The van der Waals surface area contributed by atoms with Crippen molar-refractivity contribution in [1.82, 2.24) is 4.98 Å². The molecule has 0 spiro atoms. The molecule has 0 aliphatic carbocycles. The number of halogens is 1. The summed E-state index contributed by atoms with van der Waals surface area (Å²) in [5, 5.41) is 10.8. The number of esters is 1. The number of nitrogens with zero attached hydrogens (tertiary/aromatic N) is 2. The number of hydrogen-bond acceptors (Lipinski definition) is 6. The average molecular weight is 370 g/mol. The first-order valence-corrected chi connectivity index (χ1v) is 8.09. The second-order valence-electron chi connectivity index (χ2n) is 5.78. The highest BCUT2D eigenvalue weighted by molar-refractivity contribution is 5.72. The molecule has 3 rings (SSSR count). The van der Waals surface area contributed by atoms with Gasteiger partial charge in [-0.05, 0) is 31.2 Å². The fraction of sp³-hybridized carbons (Fsp3) is 0.158. The maximum atomic E-state index is 13.7. The summed E-state index contributed by atoms with van der Waals surface area (Å²) in [7, 11) is 0. The van der Waals surface area contributed by atoms with E-state index < -0.39 is 16.7 Å². The van der Waals surface area contributed by atoms with Gasteiger partial charge < -0.3 is 9.15 Å². The number of aromatic nitrogens is 1. The van der Waals surface area contributed by atoms with Crippen LogP contribution in [0.2, 0.25) is 0 Å². The monoisotopic (exact) mass is 370 g/mol. The van der Waals surface area contributed by atoms with E-state index in [0.717, 1.165) is 0 Å². The van der Waals surface area contributed by atoms with Crippen molar-refractivity contribution < 1.29 is 23.3 Å². The minimum Gasteiger partial charge on any atom is -0.441 e. The van der Waals surface area contributed by atoms with Crippen LogP contribution < -0.4 is 4.74 Å². The van der Waals surface area contributed by atoms with Gasteiger partial charge >= 0.3 is 5.97 Å². The van der Waals surface area contributed by atoms with E-state index in [1.807, 2.05) is 0 Å². The van der Waals surface area contributed by atoms with Gasteiger partial charge in [0.2, 0.25) is 0 Å². The van der Waals surface area contributed by atoms with Gasteiger partial charge in [-0.25, -0.2) is 9.37 Å². The Morgan fingerprint density at radius 3 is 2.78 bits per heavy atom. The molecule has 1 aromatic heterocycles. The van der Waals surface area contributed by atoms with Gasteiger partial charge in [-0.1, -0.05) is 12.1 Å². The number of oxazole rings is 1. The Morgan fingerprint density at radius 1 is 1.30 bits per heavy atom. The first-order chi connectivity index (χ1) is 12.9. The van der Waals surface area contributed by atoms with Gasteiger partial charge in [-0.3, -0.25) is 14.9 Å². The minimum absolute atomic E-state index is 0.00669. The van der Waals surface area contributed by atoms with Crippen molar-refractivity contribution in [2.75, 3.05) is 0 Å². The Hall–Kier alpha value is -3.55. The standard InChI is InChI=1S/C19H15FN2O5/c1-12-10-13(6-7-16(12)22(24)25)26-19(23)9-8-18-21-11-17(27-18)14-4-2-3-5-15(14)20/h2-7,10-11H,8-9H2,1H3. The third kappa shape index (κ3) is 4.35. The first kappa shape index (κ1) is 18.2. The molecule has 0 fully saturated rings. The topological polar surface area (TPSA) is 95.5 Å². The summed E-state index contributed by atoms with van der Waals surface area (Å²) >= 11 is 0. The number of carbonyl (C=O) groups excluding carboxylic acids is 1. The van der Waals surface area contributed by atoms with Gasteiger partial charge in [0.15, 0.2) is 11.7 Å². The van der Waals surface area contributed by atoms with Crippen LogP contribution in [0.25, 0.3) is 11.3 Å². The van der Waals surface area contributed by atoms with E-state index in [-0.39, 0.29) is 35.9 Å². The molecule has 1 heterocycles. The van der Waals surface area contributed by atoms with Crippen molar-refractivity contribution in [3.05, 3.63) is 76.0 Å². The zero-order valence-electron chi connectivity index (χ0n) is 14.3. The summed E-state index contributed by atoms with van der Waals surface area (Å²) in [6, 6.07) is 10.2. The number of carbonyl (C=O) groups is 1. The number of rotatable bonds is 6. The van der Waals surface area contributed by atoms with E-state index in [4.69, 9.17) is 9.15 Å². The highest BCUT2D eigenvalue weighted by atomic mass is 19.1. The van der Waals surface area contributed by atoms with Gasteiger partial charge in [-0.2, -0.15) is 0 Å². The Bertz CT molecular complexity index is 999. The molecule has 2 aromatic carbocycles. The quantitative estimate of drug-likeness (QED) is 0.279. The lowest BCUT2D eigenvalue weighted by molar-refractivity contribution is -0.385. The summed E-state index contributed by atoms with van der Waals surface area (Å²) in [4.78, 5) is 26.3. The van der Waals surface area contributed by atoms with E-state index in [1.165, 1.54) is 30.5 Å². The molecule has 0 radical (unpaired) electrons. The van der Waals surface area contributed by atoms with Gasteiger partial charge in [-0.15, -0.1) is 0 Å². The summed E-state index contributed by atoms with van der Waals surface area (Å²) in [5.74, 6) is -0.169. The van der Waals surface area contributed by atoms with Crippen LogP contribution in [0.15, 0.2) is 53.1 Å². The molecule has 0 saturated heterocycles. The van der Waals surface area contributed by atoms with Crippen LogP contribution in [0.1, 0.15) is 17.9 Å². The number of hydrogen-bond donors (Lipinski definition) is 0. The zero-order valence-corrected chi connectivity index (χ0v) is 14.3. The predicted molar refractivity (Wildman–Crippen MR) is 93.7 cm³/mol. The van der Waals surface area contributed by atoms with Crippen LogP contribution in [0, 0.1) is 22.9 Å². The summed E-state index contributed by atoms with van der Waals surface area (Å²) in [6.45, 7) is 1.56. The Kier molecular flexibility index (Phi) is 5.25. The highest BCUT2D eigenvalue weighted by Gasteiger charge is 2.15. The molecule has 0 aliphatic heterocycles.